The third kappa shape index (κ3) is 4.75. The molecule has 2 aromatic carbocycles. The van der Waals surface area contributed by atoms with Crippen molar-refractivity contribution in [3.63, 3.8) is 0 Å². The fourth-order valence-corrected chi connectivity index (χ4v) is 6.32. The van der Waals surface area contributed by atoms with E-state index < -0.39 is 5.97 Å². The van der Waals surface area contributed by atoms with Crippen LogP contribution in [0.2, 0.25) is 0 Å². The van der Waals surface area contributed by atoms with Crippen LogP contribution < -0.4 is 0 Å². The van der Waals surface area contributed by atoms with Crippen LogP contribution in [0.3, 0.4) is 0 Å². The zero-order chi connectivity index (χ0) is 26.2. The van der Waals surface area contributed by atoms with Gasteiger partial charge < -0.3 is 19.6 Å². The number of urea groups is 1. The highest BCUT2D eigenvalue weighted by molar-refractivity contribution is 5.80. The van der Waals surface area contributed by atoms with Crippen LogP contribution in [0.25, 0.3) is 11.0 Å². The van der Waals surface area contributed by atoms with Crippen LogP contribution in [-0.2, 0) is 29.0 Å². The van der Waals surface area contributed by atoms with E-state index in [1.54, 1.807) is 0 Å². The zero-order valence-electron chi connectivity index (χ0n) is 21.9. The Bertz CT molecular complexity index is 1360. The van der Waals surface area contributed by atoms with E-state index in [1.807, 2.05) is 33.5 Å². The Hall–Kier alpha value is -3.46. The van der Waals surface area contributed by atoms with E-state index in [4.69, 9.17) is 4.74 Å². The van der Waals surface area contributed by atoms with Gasteiger partial charge in [-0.15, -0.1) is 5.10 Å². The van der Waals surface area contributed by atoms with Gasteiger partial charge in [0.2, 0.25) is 0 Å². The van der Waals surface area contributed by atoms with Crippen molar-refractivity contribution in [2.24, 2.45) is 5.92 Å². The number of carbonyl (C=O) groups excluding carboxylic acids is 1. The van der Waals surface area contributed by atoms with Gasteiger partial charge in [0.25, 0.3) is 0 Å². The maximum Gasteiger partial charge on any atom is 0.320 e. The van der Waals surface area contributed by atoms with Crippen LogP contribution in [0.15, 0.2) is 30.3 Å². The summed E-state index contributed by atoms with van der Waals surface area (Å²) >= 11 is 0. The topological polar surface area (TPSA) is 101 Å². The molecule has 1 aromatic heterocycles. The van der Waals surface area contributed by atoms with E-state index in [-0.39, 0.29) is 18.4 Å². The van der Waals surface area contributed by atoms with Gasteiger partial charge in [-0.2, -0.15) is 0 Å². The second kappa shape index (κ2) is 10.4. The van der Waals surface area contributed by atoms with Crippen LogP contribution >= 0.6 is 0 Å². The number of aromatic nitrogens is 3. The lowest BCUT2D eigenvalue weighted by molar-refractivity contribution is -0.137. The van der Waals surface area contributed by atoms with Crippen molar-refractivity contribution in [1.82, 2.24) is 24.8 Å². The Kier molecular flexibility index (Phi) is 6.78. The highest BCUT2D eigenvalue weighted by atomic mass is 16.5. The summed E-state index contributed by atoms with van der Waals surface area (Å²) in [5.41, 5.74) is 6.98. The summed E-state index contributed by atoms with van der Waals surface area (Å²) < 4.78 is 7.93. The smallest absolute Gasteiger partial charge is 0.320 e. The van der Waals surface area contributed by atoms with Gasteiger partial charge in [0, 0.05) is 51.9 Å². The van der Waals surface area contributed by atoms with Crippen molar-refractivity contribution in [1.29, 1.82) is 0 Å². The van der Waals surface area contributed by atoms with Gasteiger partial charge in [0.15, 0.2) is 0 Å². The number of aryl methyl sites for hydroxylation is 2. The molecule has 9 nitrogen and oxygen atoms in total. The van der Waals surface area contributed by atoms with Crippen LogP contribution in [-0.4, -0.2) is 74.7 Å². The van der Waals surface area contributed by atoms with Crippen molar-refractivity contribution in [3.8, 4) is 0 Å². The molecule has 7 heterocycles. The van der Waals surface area contributed by atoms with Gasteiger partial charge in [-0.05, 0) is 72.4 Å². The molecule has 0 saturated carbocycles. The number of hydrogen-bond donors (Lipinski definition) is 1. The predicted molar refractivity (Wildman–Crippen MR) is 142 cm³/mol. The molecule has 1 unspecified atom stereocenters. The van der Waals surface area contributed by atoms with Crippen LogP contribution in [0.5, 0.6) is 0 Å². The number of carboxylic acid groups (broad SMARTS) is 1. The fraction of sp³-hybridized carbons (Fsp3) is 0.517. The molecule has 0 aliphatic carbocycles. The summed E-state index contributed by atoms with van der Waals surface area (Å²) in [4.78, 5) is 29.3. The van der Waals surface area contributed by atoms with Gasteiger partial charge >= 0.3 is 12.0 Å². The first-order chi connectivity index (χ1) is 18.5. The van der Waals surface area contributed by atoms with Crippen LogP contribution in [0, 0.1) is 12.8 Å². The molecule has 0 spiro atoms. The van der Waals surface area contributed by atoms with Gasteiger partial charge in [-0.3, -0.25) is 4.79 Å². The summed E-state index contributed by atoms with van der Waals surface area (Å²) in [6, 6.07) is 10.5. The average molecular weight is 518 g/mol. The maximum atomic E-state index is 13.4. The summed E-state index contributed by atoms with van der Waals surface area (Å²) in [5.74, 6) is -0.682. The summed E-state index contributed by atoms with van der Waals surface area (Å²) in [6.45, 7) is 6.89. The van der Waals surface area contributed by atoms with Crippen molar-refractivity contribution < 1.29 is 19.4 Å². The lowest BCUT2D eigenvalue weighted by Crippen LogP contribution is -2.48. The summed E-state index contributed by atoms with van der Waals surface area (Å²) in [5, 5.41) is 18.7. The molecule has 3 aromatic rings. The minimum atomic E-state index is -0.846. The van der Waals surface area contributed by atoms with Gasteiger partial charge in [-0.25, -0.2) is 9.48 Å². The Morgan fingerprint density at radius 1 is 1.08 bits per heavy atom. The summed E-state index contributed by atoms with van der Waals surface area (Å²) in [7, 11) is 0. The van der Waals surface area contributed by atoms with Crippen molar-refractivity contribution in [2.75, 3.05) is 32.8 Å². The number of piperidine rings is 1. The first-order valence-electron chi connectivity index (χ1n) is 13.8. The predicted octanol–water partition coefficient (Wildman–Crippen LogP) is 3.96. The molecule has 1 saturated heterocycles. The largest absolute Gasteiger partial charge is 0.481 e. The molecule has 1 N–H and O–H groups in total. The molecular weight excluding hydrogens is 482 g/mol. The van der Waals surface area contributed by atoms with Crippen molar-refractivity contribution in [2.45, 2.75) is 58.0 Å². The third-order valence-electron chi connectivity index (χ3n) is 8.55. The van der Waals surface area contributed by atoms with E-state index in [1.165, 1.54) is 5.56 Å². The van der Waals surface area contributed by atoms with E-state index in [9.17, 15) is 14.7 Å². The number of ether oxygens (including phenoxy) is 1. The molecular formula is C29H35N5O4. The average Bonchev–Trinajstić information content (AvgIpc) is 3.34. The van der Waals surface area contributed by atoms with E-state index in [0.717, 1.165) is 78.7 Å². The number of benzene rings is 2. The highest BCUT2D eigenvalue weighted by Crippen LogP contribution is 2.35. The first kappa shape index (κ1) is 24.9. The molecule has 2 amide bonds. The maximum absolute atomic E-state index is 13.4. The van der Waals surface area contributed by atoms with E-state index >= 15 is 0 Å². The van der Waals surface area contributed by atoms with Crippen molar-refractivity contribution >= 4 is 23.0 Å². The lowest BCUT2D eigenvalue weighted by atomic mass is 9.83. The second-order valence-electron chi connectivity index (χ2n) is 11.0. The quantitative estimate of drug-likeness (QED) is 0.552. The molecule has 6 aliphatic rings. The Labute approximate surface area is 222 Å². The molecule has 1 fully saturated rings. The minimum Gasteiger partial charge on any atom is -0.481 e. The number of rotatable bonds is 2. The molecule has 9 heteroatoms. The number of carbonyl (C=O) groups is 2. The molecule has 9 rings (SSSR count). The molecule has 1 atom stereocenters. The molecule has 9 bridgehead atoms. The van der Waals surface area contributed by atoms with Gasteiger partial charge in [-0.1, -0.05) is 29.5 Å². The van der Waals surface area contributed by atoms with Crippen molar-refractivity contribution in [3.05, 3.63) is 58.1 Å². The lowest BCUT2D eigenvalue weighted by Gasteiger charge is -2.37. The Morgan fingerprint density at radius 3 is 2.74 bits per heavy atom. The molecule has 6 aliphatic heterocycles. The number of carboxylic acids is 1. The number of amides is 2. The zero-order valence-corrected chi connectivity index (χ0v) is 21.9. The minimum absolute atomic E-state index is 0.0196. The van der Waals surface area contributed by atoms with Gasteiger partial charge in [0.1, 0.15) is 5.52 Å². The summed E-state index contributed by atoms with van der Waals surface area (Å²) in [6.07, 6.45) is 3.55. The van der Waals surface area contributed by atoms with Crippen LogP contribution in [0.1, 0.15) is 59.4 Å². The van der Waals surface area contributed by atoms with Crippen LogP contribution in [0.4, 0.5) is 4.79 Å². The Morgan fingerprint density at radius 2 is 1.92 bits per heavy atom. The first-order valence-corrected chi connectivity index (χ1v) is 13.8. The third-order valence-corrected chi connectivity index (χ3v) is 8.55. The Balaban J connectivity index is 1.39. The molecule has 200 valence electrons. The SMILES string of the molecule is Cc1c2ccc3c1nnn3CCCOCC1CCN(CC1)C(=O)N1CCc3ccc(cc3C1)C2CC(=O)O. The van der Waals surface area contributed by atoms with Gasteiger partial charge in [0.05, 0.1) is 11.9 Å². The van der Waals surface area contributed by atoms with E-state index in [2.05, 4.69) is 28.5 Å². The monoisotopic (exact) mass is 517 g/mol. The normalized spacial score (nSPS) is 22.4. The fourth-order valence-electron chi connectivity index (χ4n) is 6.32. The van der Waals surface area contributed by atoms with E-state index in [0.29, 0.717) is 32.2 Å². The second-order valence-corrected chi connectivity index (χ2v) is 11.0. The molecule has 0 radical (unpaired) electrons. The highest BCUT2D eigenvalue weighted by Gasteiger charge is 2.30. The number of hydrogen-bond acceptors (Lipinski definition) is 5. The molecule has 38 heavy (non-hydrogen) atoms. The standard InChI is InChI=1S/C29H35N5O4/c1-19-24-5-6-26-28(19)30-31-34(26)10-2-14-38-18-20-7-11-32(12-8-20)29(37)33-13-9-21-3-4-22(15-23(21)17-33)25(24)16-27(35)36/h3-6,15,20,25H,2,7-14,16-18H2,1H3,(H,35,36). The number of nitrogens with zero attached hydrogens (tertiary/aromatic N) is 5. The number of aliphatic carboxylic acids is 1.